The van der Waals surface area contributed by atoms with Crippen LogP contribution in [0.4, 0.5) is 13.2 Å². The maximum Gasteiger partial charge on any atom is 0.401 e. The fourth-order valence-electron chi connectivity index (χ4n) is 4.61. The monoisotopic (exact) mass is 531 g/mol. The Morgan fingerprint density at radius 2 is 1.83 bits per heavy atom. The second kappa shape index (κ2) is 11.0. The van der Waals surface area contributed by atoms with Gasteiger partial charge in [0.1, 0.15) is 0 Å². The third-order valence-corrected chi connectivity index (χ3v) is 6.10. The zero-order valence-electron chi connectivity index (χ0n) is 17.0. The summed E-state index contributed by atoms with van der Waals surface area (Å²) in [5, 5.41) is 6.61. The second-order valence-corrected chi connectivity index (χ2v) is 8.35. The number of rotatable bonds is 5. The number of carbonyl (C=O) groups excluding carboxylic acids is 1. The van der Waals surface area contributed by atoms with Gasteiger partial charge in [-0.2, -0.15) is 13.2 Å². The summed E-state index contributed by atoms with van der Waals surface area (Å²) in [5.74, 6) is 1.35. The number of halogens is 4. The standard InChI is InChI=1S/C19H32F3N5O.HI/c1-23-18(24-10-14-6-8-26(11-14)13-19(20,21)22)25-16-7-9-27(12-16)17(28)15-4-2-3-5-15;/h14-16H,2-13H2,1H3,(H2,23,24,25);1H. The van der Waals surface area contributed by atoms with Crippen LogP contribution in [0.25, 0.3) is 0 Å². The maximum absolute atomic E-state index is 12.5. The molecule has 0 aromatic carbocycles. The van der Waals surface area contributed by atoms with Gasteiger partial charge in [-0.25, -0.2) is 0 Å². The van der Waals surface area contributed by atoms with Crippen LogP contribution in [0.3, 0.4) is 0 Å². The van der Waals surface area contributed by atoms with Crippen molar-refractivity contribution in [1.29, 1.82) is 0 Å². The van der Waals surface area contributed by atoms with Crippen molar-refractivity contribution in [3.8, 4) is 0 Å². The van der Waals surface area contributed by atoms with E-state index in [4.69, 9.17) is 0 Å². The summed E-state index contributed by atoms with van der Waals surface area (Å²) in [6.07, 6.45) is 1.86. The van der Waals surface area contributed by atoms with Gasteiger partial charge in [-0.05, 0) is 38.1 Å². The Bertz CT molecular complexity index is 569. The minimum atomic E-state index is -4.13. The molecule has 0 aromatic rings. The molecule has 2 unspecified atom stereocenters. The van der Waals surface area contributed by atoms with Crippen LogP contribution in [0, 0.1) is 11.8 Å². The number of carbonyl (C=O) groups is 1. The molecular weight excluding hydrogens is 498 g/mol. The van der Waals surface area contributed by atoms with Crippen molar-refractivity contribution >= 4 is 35.8 Å². The van der Waals surface area contributed by atoms with Gasteiger partial charge in [-0.3, -0.25) is 14.7 Å². The number of guanidine groups is 1. The highest BCUT2D eigenvalue weighted by Crippen LogP contribution is 2.28. The van der Waals surface area contributed by atoms with Crippen LogP contribution in [-0.2, 0) is 4.79 Å². The van der Waals surface area contributed by atoms with Crippen molar-refractivity contribution in [3.05, 3.63) is 0 Å². The molecule has 0 bridgehead atoms. The molecule has 2 aliphatic heterocycles. The first-order chi connectivity index (χ1) is 13.3. The molecule has 0 radical (unpaired) electrons. The van der Waals surface area contributed by atoms with E-state index in [0.29, 0.717) is 38.0 Å². The normalized spacial score (nSPS) is 26.6. The van der Waals surface area contributed by atoms with E-state index < -0.39 is 12.7 Å². The van der Waals surface area contributed by atoms with Crippen molar-refractivity contribution < 1.29 is 18.0 Å². The maximum atomic E-state index is 12.5. The molecule has 3 rings (SSSR count). The first-order valence-electron chi connectivity index (χ1n) is 10.4. The Hall–Kier alpha value is -0.780. The molecular formula is C19H33F3IN5O. The van der Waals surface area contributed by atoms with Gasteiger partial charge in [0, 0.05) is 45.2 Å². The number of aliphatic imine (C=N–C) groups is 1. The van der Waals surface area contributed by atoms with E-state index in [1.54, 1.807) is 7.05 Å². The molecule has 168 valence electrons. The predicted molar refractivity (Wildman–Crippen MR) is 117 cm³/mol. The molecule has 29 heavy (non-hydrogen) atoms. The fourth-order valence-corrected chi connectivity index (χ4v) is 4.61. The van der Waals surface area contributed by atoms with Crippen LogP contribution in [0.15, 0.2) is 4.99 Å². The lowest BCUT2D eigenvalue weighted by Crippen LogP contribution is -2.46. The molecule has 0 aromatic heterocycles. The van der Waals surface area contributed by atoms with Crippen LogP contribution in [-0.4, -0.2) is 80.2 Å². The zero-order chi connectivity index (χ0) is 20.1. The molecule has 1 saturated carbocycles. The van der Waals surface area contributed by atoms with Gasteiger partial charge in [0.25, 0.3) is 0 Å². The Labute approximate surface area is 188 Å². The molecule has 3 aliphatic rings. The van der Waals surface area contributed by atoms with Gasteiger partial charge in [0.05, 0.1) is 6.54 Å². The van der Waals surface area contributed by atoms with E-state index >= 15 is 0 Å². The van der Waals surface area contributed by atoms with Crippen molar-refractivity contribution in [3.63, 3.8) is 0 Å². The number of hydrogen-bond donors (Lipinski definition) is 2. The summed E-state index contributed by atoms with van der Waals surface area (Å²) in [5.41, 5.74) is 0. The average molecular weight is 531 g/mol. The van der Waals surface area contributed by atoms with Crippen LogP contribution >= 0.6 is 24.0 Å². The van der Waals surface area contributed by atoms with Gasteiger partial charge >= 0.3 is 6.18 Å². The van der Waals surface area contributed by atoms with E-state index in [1.165, 1.54) is 4.90 Å². The van der Waals surface area contributed by atoms with Crippen LogP contribution < -0.4 is 10.6 Å². The summed E-state index contributed by atoms with van der Waals surface area (Å²) >= 11 is 0. The fraction of sp³-hybridized carbons (Fsp3) is 0.895. The quantitative estimate of drug-likeness (QED) is 0.325. The van der Waals surface area contributed by atoms with Gasteiger partial charge in [0.15, 0.2) is 5.96 Å². The SMILES string of the molecule is CN=C(NCC1CCN(CC(F)(F)F)C1)NC1CCN(C(=O)C2CCCC2)C1.I. The van der Waals surface area contributed by atoms with E-state index in [2.05, 4.69) is 15.6 Å². The summed E-state index contributed by atoms with van der Waals surface area (Å²) in [6, 6.07) is 0.168. The molecule has 2 N–H and O–H groups in total. The van der Waals surface area contributed by atoms with Gasteiger partial charge in [-0.1, -0.05) is 12.8 Å². The third kappa shape index (κ3) is 7.45. The smallest absolute Gasteiger partial charge is 0.356 e. The second-order valence-electron chi connectivity index (χ2n) is 8.35. The zero-order valence-corrected chi connectivity index (χ0v) is 19.3. The summed E-state index contributed by atoms with van der Waals surface area (Å²) in [4.78, 5) is 20.2. The Morgan fingerprint density at radius 1 is 1.10 bits per heavy atom. The van der Waals surface area contributed by atoms with E-state index in [1.807, 2.05) is 4.90 Å². The van der Waals surface area contributed by atoms with Crippen molar-refractivity contribution in [1.82, 2.24) is 20.4 Å². The van der Waals surface area contributed by atoms with E-state index in [0.717, 1.165) is 45.1 Å². The Morgan fingerprint density at radius 3 is 2.48 bits per heavy atom. The lowest BCUT2D eigenvalue weighted by atomic mass is 10.1. The largest absolute Gasteiger partial charge is 0.401 e. The van der Waals surface area contributed by atoms with E-state index in [9.17, 15) is 18.0 Å². The van der Waals surface area contributed by atoms with Gasteiger partial charge < -0.3 is 15.5 Å². The highest BCUT2D eigenvalue weighted by atomic mass is 127. The molecule has 1 aliphatic carbocycles. The first-order valence-corrected chi connectivity index (χ1v) is 10.4. The molecule has 10 heteroatoms. The number of hydrogen-bond acceptors (Lipinski definition) is 3. The molecule has 2 saturated heterocycles. The highest BCUT2D eigenvalue weighted by Gasteiger charge is 2.35. The number of nitrogens with one attached hydrogen (secondary N) is 2. The highest BCUT2D eigenvalue weighted by molar-refractivity contribution is 14.0. The Kier molecular flexibility index (Phi) is 9.30. The lowest BCUT2D eigenvalue weighted by Gasteiger charge is -2.22. The predicted octanol–water partition coefficient (Wildman–Crippen LogP) is 2.44. The van der Waals surface area contributed by atoms with Crippen LogP contribution in [0.1, 0.15) is 38.5 Å². The van der Waals surface area contributed by atoms with Crippen molar-refractivity contribution in [2.45, 2.75) is 50.7 Å². The van der Waals surface area contributed by atoms with Crippen molar-refractivity contribution in [2.24, 2.45) is 16.8 Å². The number of nitrogens with zero attached hydrogens (tertiary/aromatic N) is 3. The molecule has 1 amide bonds. The molecule has 3 fully saturated rings. The number of amides is 1. The molecule has 0 spiro atoms. The van der Waals surface area contributed by atoms with Crippen LogP contribution in [0.2, 0.25) is 0 Å². The molecule has 2 atom stereocenters. The molecule has 6 nitrogen and oxygen atoms in total. The average Bonchev–Trinajstić information content (AvgIpc) is 3.38. The summed E-state index contributed by atoms with van der Waals surface area (Å²) < 4.78 is 37.5. The van der Waals surface area contributed by atoms with E-state index in [-0.39, 0.29) is 41.9 Å². The first kappa shape index (κ1) is 24.5. The minimum absolute atomic E-state index is 0. The third-order valence-electron chi connectivity index (χ3n) is 6.10. The Balaban J connectivity index is 0.00000300. The van der Waals surface area contributed by atoms with Crippen LogP contribution in [0.5, 0.6) is 0 Å². The summed E-state index contributed by atoms with van der Waals surface area (Å²) in [7, 11) is 1.69. The molecule has 2 heterocycles. The lowest BCUT2D eigenvalue weighted by molar-refractivity contribution is -0.143. The van der Waals surface area contributed by atoms with Gasteiger partial charge in [0.2, 0.25) is 5.91 Å². The number of alkyl halides is 3. The minimum Gasteiger partial charge on any atom is -0.356 e. The summed E-state index contributed by atoms with van der Waals surface area (Å²) in [6.45, 7) is 2.18. The number of likely N-dealkylation sites (tertiary alicyclic amines) is 2. The van der Waals surface area contributed by atoms with Crippen molar-refractivity contribution in [2.75, 3.05) is 46.3 Å². The topological polar surface area (TPSA) is 60.0 Å². The van der Waals surface area contributed by atoms with Gasteiger partial charge in [-0.15, -0.1) is 24.0 Å².